The first kappa shape index (κ1) is 10.2. The summed E-state index contributed by atoms with van der Waals surface area (Å²) in [5.41, 5.74) is 1.97. The van der Waals surface area contributed by atoms with Crippen LogP contribution in [0.5, 0.6) is 0 Å². The second-order valence-electron chi connectivity index (χ2n) is 2.85. The zero-order valence-corrected chi connectivity index (χ0v) is 11.0. The van der Waals surface area contributed by atoms with Crippen molar-refractivity contribution < 1.29 is 0 Å². The van der Waals surface area contributed by atoms with E-state index in [1.807, 2.05) is 11.4 Å². The lowest BCUT2D eigenvalue weighted by Crippen LogP contribution is -1.79. The molecule has 0 spiro atoms. The lowest BCUT2D eigenvalue weighted by Gasteiger charge is -1.99. The molecule has 0 saturated heterocycles. The third-order valence-electron chi connectivity index (χ3n) is 1.96. The van der Waals surface area contributed by atoms with E-state index in [-0.39, 0.29) is 0 Å². The summed E-state index contributed by atoms with van der Waals surface area (Å²) in [6.45, 7) is 0. The molecule has 0 aliphatic carbocycles. The molecule has 0 unspecified atom stereocenters. The molecule has 0 aliphatic heterocycles. The lowest BCUT2D eigenvalue weighted by atomic mass is 10.1. The van der Waals surface area contributed by atoms with Crippen LogP contribution in [0.1, 0.15) is 11.1 Å². The van der Waals surface area contributed by atoms with Crippen LogP contribution in [0.3, 0.4) is 0 Å². The van der Waals surface area contributed by atoms with E-state index < -0.39 is 0 Å². The quantitative estimate of drug-likeness (QED) is 0.709. The first-order valence-electron chi connectivity index (χ1n) is 3.92. The molecule has 1 heterocycles. The summed E-state index contributed by atoms with van der Waals surface area (Å²) in [4.78, 5) is 0. The van der Waals surface area contributed by atoms with Crippen LogP contribution in [-0.2, 0) is 5.33 Å². The van der Waals surface area contributed by atoms with E-state index in [1.165, 1.54) is 5.56 Å². The Morgan fingerprint density at radius 3 is 2.86 bits per heavy atom. The zero-order chi connectivity index (χ0) is 10.1. The van der Waals surface area contributed by atoms with Crippen LogP contribution in [0.25, 0.3) is 10.1 Å². The third-order valence-corrected chi connectivity index (χ3v) is 4.16. The molecule has 2 aromatic rings. The maximum atomic E-state index is 8.90. The van der Waals surface area contributed by atoms with Gasteiger partial charge in [-0.2, -0.15) is 5.26 Å². The van der Waals surface area contributed by atoms with Crippen LogP contribution >= 0.6 is 43.2 Å². The van der Waals surface area contributed by atoms with Crippen LogP contribution in [0.15, 0.2) is 22.0 Å². The van der Waals surface area contributed by atoms with Gasteiger partial charge in [-0.05, 0) is 17.7 Å². The molecule has 2 rings (SSSR count). The maximum Gasteiger partial charge on any atom is 0.101 e. The van der Waals surface area contributed by atoms with E-state index in [0.717, 1.165) is 25.5 Å². The molecule has 0 amide bonds. The summed E-state index contributed by atoms with van der Waals surface area (Å²) in [6, 6.07) is 6.35. The molecule has 1 nitrogen and oxygen atoms in total. The van der Waals surface area contributed by atoms with Crippen LogP contribution in [0.4, 0.5) is 0 Å². The van der Waals surface area contributed by atoms with Gasteiger partial charge in [-0.3, -0.25) is 0 Å². The monoisotopic (exact) mass is 329 g/mol. The average molecular weight is 331 g/mol. The number of thiophene rings is 1. The molecule has 4 heteroatoms. The first-order chi connectivity index (χ1) is 6.76. The molecule has 0 atom stereocenters. The number of hydrogen-bond donors (Lipinski definition) is 0. The van der Waals surface area contributed by atoms with Gasteiger partial charge in [0.15, 0.2) is 0 Å². The summed E-state index contributed by atoms with van der Waals surface area (Å²) >= 11 is 8.52. The van der Waals surface area contributed by atoms with Crippen molar-refractivity contribution in [1.29, 1.82) is 5.26 Å². The van der Waals surface area contributed by atoms with Crippen LogP contribution < -0.4 is 0 Å². The molecule has 0 N–H and O–H groups in total. The third kappa shape index (κ3) is 1.60. The van der Waals surface area contributed by atoms with Gasteiger partial charge in [0.1, 0.15) is 6.07 Å². The highest BCUT2D eigenvalue weighted by molar-refractivity contribution is 9.10. The summed E-state index contributed by atoms with van der Waals surface area (Å²) in [5.74, 6) is 0. The number of fused-ring (bicyclic) bond motifs is 1. The number of benzene rings is 1. The van der Waals surface area contributed by atoms with Crippen LogP contribution in [0, 0.1) is 11.3 Å². The van der Waals surface area contributed by atoms with Gasteiger partial charge < -0.3 is 0 Å². The molecule has 0 radical (unpaired) electrons. The van der Waals surface area contributed by atoms with Gasteiger partial charge >= 0.3 is 0 Å². The fraction of sp³-hybridized carbons (Fsp3) is 0.100. The topological polar surface area (TPSA) is 23.8 Å². The van der Waals surface area contributed by atoms with Crippen LogP contribution in [0.2, 0.25) is 0 Å². The van der Waals surface area contributed by atoms with E-state index >= 15 is 0 Å². The molecular formula is C10H5Br2NS. The van der Waals surface area contributed by atoms with Gasteiger partial charge in [-0.25, -0.2) is 0 Å². The van der Waals surface area contributed by atoms with E-state index in [4.69, 9.17) is 5.26 Å². The summed E-state index contributed by atoms with van der Waals surface area (Å²) in [7, 11) is 0. The highest BCUT2D eigenvalue weighted by Gasteiger charge is 2.08. The number of rotatable bonds is 1. The Bertz CT molecular complexity index is 525. The van der Waals surface area contributed by atoms with Crippen molar-refractivity contribution in [2.24, 2.45) is 0 Å². The summed E-state index contributed by atoms with van der Waals surface area (Å²) in [6.07, 6.45) is 0. The Balaban J connectivity index is 2.80. The molecule has 1 aromatic heterocycles. The fourth-order valence-electron chi connectivity index (χ4n) is 1.33. The molecule has 0 fully saturated rings. The van der Waals surface area contributed by atoms with Gasteiger partial charge in [-0.1, -0.05) is 31.9 Å². The second-order valence-corrected chi connectivity index (χ2v) is 5.17. The predicted octanol–water partition coefficient (Wildman–Crippen LogP) is 4.43. The molecular weight excluding hydrogens is 326 g/mol. The van der Waals surface area contributed by atoms with Crippen molar-refractivity contribution in [3.8, 4) is 6.07 Å². The first-order valence-corrected chi connectivity index (χ1v) is 6.71. The molecule has 0 bridgehead atoms. The van der Waals surface area contributed by atoms with E-state index in [9.17, 15) is 0 Å². The van der Waals surface area contributed by atoms with Crippen molar-refractivity contribution in [2.45, 2.75) is 5.33 Å². The number of hydrogen-bond acceptors (Lipinski definition) is 2. The number of nitrogens with zero attached hydrogens (tertiary/aromatic N) is 1. The average Bonchev–Trinajstić information content (AvgIpc) is 2.61. The van der Waals surface area contributed by atoms with Gasteiger partial charge in [0.25, 0.3) is 0 Å². The Kier molecular flexibility index (Phi) is 2.91. The lowest BCUT2D eigenvalue weighted by molar-refractivity contribution is 1.46. The van der Waals surface area contributed by atoms with Crippen molar-refractivity contribution in [1.82, 2.24) is 0 Å². The molecule has 0 aliphatic rings. The molecule has 0 saturated carbocycles. The Morgan fingerprint density at radius 2 is 2.21 bits per heavy atom. The smallest absolute Gasteiger partial charge is 0.101 e. The predicted molar refractivity (Wildman–Crippen MR) is 66.9 cm³/mol. The molecule has 1 aromatic carbocycles. The van der Waals surface area contributed by atoms with Gasteiger partial charge in [0, 0.05) is 25.3 Å². The second kappa shape index (κ2) is 4.01. The standard InChI is InChI=1S/C10H5Br2NS/c11-3-6-1-8(12)10-7(4-13)5-14-9(10)2-6/h1-2,5H,3H2. The Hall–Kier alpha value is -0.370. The van der Waals surface area contributed by atoms with Gasteiger partial charge in [0.05, 0.1) is 5.56 Å². The highest BCUT2D eigenvalue weighted by atomic mass is 79.9. The molecule has 70 valence electrons. The minimum atomic E-state index is 0.748. The minimum absolute atomic E-state index is 0.748. The highest BCUT2D eigenvalue weighted by Crippen LogP contribution is 2.33. The number of alkyl halides is 1. The number of halogens is 2. The van der Waals surface area contributed by atoms with Crippen molar-refractivity contribution in [3.05, 3.63) is 33.1 Å². The number of nitriles is 1. The van der Waals surface area contributed by atoms with Crippen molar-refractivity contribution in [2.75, 3.05) is 0 Å². The van der Waals surface area contributed by atoms with Crippen LogP contribution in [-0.4, -0.2) is 0 Å². The van der Waals surface area contributed by atoms with Gasteiger partial charge in [-0.15, -0.1) is 11.3 Å². The fourth-order valence-corrected chi connectivity index (χ4v) is 3.48. The Labute approximate surface area is 103 Å². The zero-order valence-electron chi connectivity index (χ0n) is 7.05. The Morgan fingerprint density at radius 1 is 1.43 bits per heavy atom. The van der Waals surface area contributed by atoms with E-state index in [0.29, 0.717) is 0 Å². The summed E-state index contributed by atoms with van der Waals surface area (Å²) in [5, 5.41) is 12.7. The van der Waals surface area contributed by atoms with E-state index in [1.54, 1.807) is 11.3 Å². The van der Waals surface area contributed by atoms with Crippen molar-refractivity contribution >= 4 is 53.3 Å². The largest absolute Gasteiger partial charge is 0.192 e. The van der Waals surface area contributed by atoms with E-state index in [2.05, 4.69) is 44.0 Å². The minimum Gasteiger partial charge on any atom is -0.192 e. The summed E-state index contributed by atoms with van der Waals surface area (Å²) < 4.78 is 2.16. The normalized spacial score (nSPS) is 10.4. The molecule has 14 heavy (non-hydrogen) atoms. The SMILES string of the molecule is N#Cc1csc2cc(CBr)cc(Br)c12. The van der Waals surface area contributed by atoms with Crippen molar-refractivity contribution in [3.63, 3.8) is 0 Å². The van der Waals surface area contributed by atoms with Gasteiger partial charge in [0.2, 0.25) is 0 Å². The maximum absolute atomic E-state index is 8.90.